The molecule has 2 heterocycles. The van der Waals surface area contributed by atoms with Gasteiger partial charge in [0.25, 0.3) is 0 Å². The summed E-state index contributed by atoms with van der Waals surface area (Å²) >= 11 is 0. The van der Waals surface area contributed by atoms with Crippen LogP contribution in [0.2, 0.25) is 0 Å². The minimum Gasteiger partial charge on any atom is -0.497 e. The van der Waals surface area contributed by atoms with Crippen molar-refractivity contribution in [3.05, 3.63) is 39.7 Å². The monoisotopic (exact) mass is 330 g/mol. The van der Waals surface area contributed by atoms with Crippen LogP contribution < -0.4 is 21.0 Å². The summed E-state index contributed by atoms with van der Waals surface area (Å²) in [5, 5.41) is 6.95. The molecule has 1 aromatic carbocycles. The fourth-order valence-corrected chi connectivity index (χ4v) is 2.87. The van der Waals surface area contributed by atoms with E-state index in [2.05, 4.69) is 10.6 Å². The molecule has 0 atom stereocenters. The minimum atomic E-state index is -0.385. The first-order chi connectivity index (χ1) is 11.6. The lowest BCUT2D eigenvalue weighted by molar-refractivity contribution is -0.121. The summed E-state index contributed by atoms with van der Waals surface area (Å²) in [7, 11) is 1.57. The second kappa shape index (κ2) is 7.05. The maximum Gasteiger partial charge on any atom is 0.339 e. The molecule has 2 aromatic rings. The molecule has 0 unspecified atom stereocenters. The van der Waals surface area contributed by atoms with Crippen molar-refractivity contribution < 1.29 is 13.9 Å². The van der Waals surface area contributed by atoms with Crippen molar-refractivity contribution in [2.24, 2.45) is 5.92 Å². The van der Waals surface area contributed by atoms with Crippen molar-refractivity contribution in [1.29, 1.82) is 0 Å². The number of benzene rings is 1. The molecule has 1 aromatic heterocycles. The van der Waals surface area contributed by atoms with Crippen molar-refractivity contribution in [3.63, 3.8) is 0 Å². The molecular weight excluding hydrogens is 308 g/mol. The van der Waals surface area contributed by atoms with E-state index in [-0.39, 0.29) is 18.0 Å². The van der Waals surface area contributed by atoms with Crippen LogP contribution >= 0.6 is 0 Å². The van der Waals surface area contributed by atoms with E-state index < -0.39 is 0 Å². The molecule has 1 fully saturated rings. The van der Waals surface area contributed by atoms with Gasteiger partial charge in [-0.25, -0.2) is 4.79 Å². The Balaban J connectivity index is 1.71. The van der Waals surface area contributed by atoms with Crippen LogP contribution in [0, 0.1) is 12.8 Å². The normalized spacial score (nSPS) is 14.4. The average molecular weight is 330 g/mol. The molecular formula is C18H22N2O4. The number of amides is 1. The van der Waals surface area contributed by atoms with E-state index in [1.807, 2.05) is 19.1 Å². The summed E-state index contributed by atoms with van der Waals surface area (Å²) in [6, 6.07) is 5.41. The highest BCUT2D eigenvalue weighted by Gasteiger charge is 2.18. The second-order valence-corrected chi connectivity index (χ2v) is 6.18. The number of carbonyl (C=O) groups excluding carboxylic acids is 1. The molecule has 0 radical (unpaired) electrons. The third-order valence-electron chi connectivity index (χ3n) is 4.55. The molecule has 0 saturated carbocycles. The quantitative estimate of drug-likeness (QED) is 0.782. The van der Waals surface area contributed by atoms with Crippen molar-refractivity contribution in [2.75, 3.05) is 26.7 Å². The van der Waals surface area contributed by atoms with Gasteiger partial charge in [0.1, 0.15) is 11.3 Å². The van der Waals surface area contributed by atoms with Gasteiger partial charge in [0, 0.05) is 49.0 Å². The SMILES string of the molecule is COc1ccc2c(C)c(CCC(=O)NCC3CNC3)c(=O)oc2c1. The van der Waals surface area contributed by atoms with E-state index >= 15 is 0 Å². The molecule has 1 amide bonds. The lowest BCUT2D eigenvalue weighted by Gasteiger charge is -2.27. The lowest BCUT2D eigenvalue weighted by Crippen LogP contribution is -2.48. The predicted octanol–water partition coefficient (Wildman–Crippen LogP) is 1.38. The molecule has 2 N–H and O–H groups in total. The van der Waals surface area contributed by atoms with Crippen molar-refractivity contribution in [3.8, 4) is 5.75 Å². The number of rotatable bonds is 6. The third kappa shape index (κ3) is 3.43. The van der Waals surface area contributed by atoms with Gasteiger partial charge >= 0.3 is 5.63 Å². The number of hydrogen-bond acceptors (Lipinski definition) is 5. The van der Waals surface area contributed by atoms with Gasteiger partial charge in [-0.2, -0.15) is 0 Å². The van der Waals surface area contributed by atoms with Gasteiger partial charge < -0.3 is 19.8 Å². The molecule has 0 aliphatic carbocycles. The Hall–Kier alpha value is -2.34. The molecule has 1 saturated heterocycles. The lowest BCUT2D eigenvalue weighted by atomic mass is 10.0. The minimum absolute atomic E-state index is 0.0319. The fraction of sp³-hybridized carbons (Fsp3) is 0.444. The van der Waals surface area contributed by atoms with Gasteiger partial charge in [0.15, 0.2) is 0 Å². The first-order valence-electron chi connectivity index (χ1n) is 8.16. The zero-order chi connectivity index (χ0) is 17.1. The Morgan fingerprint density at radius 1 is 1.42 bits per heavy atom. The highest BCUT2D eigenvalue weighted by molar-refractivity contribution is 5.82. The van der Waals surface area contributed by atoms with E-state index in [1.54, 1.807) is 13.2 Å². The predicted molar refractivity (Wildman–Crippen MR) is 91.5 cm³/mol. The Morgan fingerprint density at radius 2 is 2.21 bits per heavy atom. The van der Waals surface area contributed by atoms with Gasteiger partial charge in [-0.3, -0.25) is 4.79 Å². The smallest absolute Gasteiger partial charge is 0.339 e. The number of nitrogens with one attached hydrogen (secondary N) is 2. The van der Waals surface area contributed by atoms with E-state index in [4.69, 9.17) is 9.15 Å². The molecule has 6 heteroatoms. The molecule has 0 bridgehead atoms. The van der Waals surface area contributed by atoms with Crippen LogP contribution in [0.5, 0.6) is 5.75 Å². The van der Waals surface area contributed by atoms with E-state index in [0.717, 1.165) is 24.0 Å². The fourth-order valence-electron chi connectivity index (χ4n) is 2.87. The Morgan fingerprint density at radius 3 is 2.88 bits per heavy atom. The summed E-state index contributed by atoms with van der Waals surface area (Å²) < 4.78 is 10.5. The maximum atomic E-state index is 12.2. The average Bonchev–Trinajstić information content (AvgIpc) is 2.52. The molecule has 1 aliphatic heterocycles. The van der Waals surface area contributed by atoms with Crippen LogP contribution in [0.15, 0.2) is 27.4 Å². The molecule has 3 rings (SSSR count). The van der Waals surface area contributed by atoms with Crippen LogP contribution in [0.3, 0.4) is 0 Å². The summed E-state index contributed by atoms with van der Waals surface area (Å²) in [5.74, 6) is 1.13. The number of fused-ring (bicyclic) bond motifs is 1. The molecule has 24 heavy (non-hydrogen) atoms. The van der Waals surface area contributed by atoms with Crippen molar-refractivity contribution in [1.82, 2.24) is 10.6 Å². The summed E-state index contributed by atoms with van der Waals surface area (Å²) in [6.45, 7) is 4.49. The summed E-state index contributed by atoms with van der Waals surface area (Å²) in [6.07, 6.45) is 0.665. The Labute approximate surface area is 140 Å². The van der Waals surface area contributed by atoms with Gasteiger partial charge in [-0.05, 0) is 31.0 Å². The summed E-state index contributed by atoms with van der Waals surface area (Å²) in [4.78, 5) is 24.2. The van der Waals surface area contributed by atoms with Crippen LogP contribution in [-0.2, 0) is 11.2 Å². The first-order valence-corrected chi connectivity index (χ1v) is 8.16. The zero-order valence-corrected chi connectivity index (χ0v) is 14.0. The highest BCUT2D eigenvalue weighted by atomic mass is 16.5. The van der Waals surface area contributed by atoms with Gasteiger partial charge in [-0.1, -0.05) is 0 Å². The number of hydrogen-bond donors (Lipinski definition) is 2. The largest absolute Gasteiger partial charge is 0.497 e. The van der Waals surface area contributed by atoms with Gasteiger partial charge in [0.05, 0.1) is 7.11 Å². The topological polar surface area (TPSA) is 80.6 Å². The standard InChI is InChI=1S/C18H22N2O4/c1-11-14-4-3-13(23-2)7-16(14)24-18(22)15(11)5-6-17(21)20-10-12-8-19-9-12/h3-4,7,12,19H,5-6,8-10H2,1-2H3,(H,20,21). The molecule has 6 nitrogen and oxygen atoms in total. The second-order valence-electron chi connectivity index (χ2n) is 6.18. The Kier molecular flexibility index (Phi) is 4.85. The molecule has 128 valence electrons. The zero-order valence-electron chi connectivity index (χ0n) is 14.0. The molecule has 1 aliphatic rings. The summed E-state index contributed by atoms with van der Waals surface area (Å²) in [5.41, 5.74) is 1.54. The third-order valence-corrected chi connectivity index (χ3v) is 4.55. The number of carbonyl (C=O) groups is 1. The highest BCUT2D eigenvalue weighted by Crippen LogP contribution is 2.24. The maximum absolute atomic E-state index is 12.2. The van der Waals surface area contributed by atoms with Crippen LogP contribution in [0.25, 0.3) is 11.0 Å². The van der Waals surface area contributed by atoms with E-state index in [1.165, 1.54) is 0 Å². The Bertz CT molecular complexity index is 809. The van der Waals surface area contributed by atoms with Crippen LogP contribution in [0.4, 0.5) is 0 Å². The van der Waals surface area contributed by atoms with Gasteiger partial charge in [-0.15, -0.1) is 0 Å². The molecule has 0 spiro atoms. The van der Waals surface area contributed by atoms with Crippen molar-refractivity contribution in [2.45, 2.75) is 19.8 Å². The number of ether oxygens (including phenoxy) is 1. The first kappa shape index (κ1) is 16.5. The number of methoxy groups -OCH3 is 1. The van der Waals surface area contributed by atoms with E-state index in [9.17, 15) is 9.59 Å². The van der Waals surface area contributed by atoms with Crippen molar-refractivity contribution >= 4 is 16.9 Å². The van der Waals surface area contributed by atoms with Gasteiger partial charge in [0.2, 0.25) is 5.91 Å². The van der Waals surface area contributed by atoms with Crippen LogP contribution in [-0.4, -0.2) is 32.7 Å². The van der Waals surface area contributed by atoms with Crippen LogP contribution in [0.1, 0.15) is 17.5 Å². The number of aryl methyl sites for hydroxylation is 1. The van der Waals surface area contributed by atoms with E-state index in [0.29, 0.717) is 35.8 Å².